The van der Waals surface area contributed by atoms with Crippen molar-refractivity contribution in [1.82, 2.24) is 9.88 Å². The van der Waals surface area contributed by atoms with E-state index in [1.807, 2.05) is 0 Å². The van der Waals surface area contributed by atoms with Crippen LogP contribution in [0.1, 0.15) is 31.2 Å². The molecule has 0 amide bonds. The summed E-state index contributed by atoms with van der Waals surface area (Å²) in [6.45, 7) is 8.97. The molecule has 26 heavy (non-hydrogen) atoms. The molecule has 134 valence electrons. The van der Waals surface area contributed by atoms with Gasteiger partial charge >= 0.3 is 0 Å². The number of fused-ring (bicyclic) bond motifs is 3. The molecule has 4 heterocycles. The third-order valence-corrected chi connectivity index (χ3v) is 6.12. The minimum Gasteiger partial charge on any atom is -0.356 e. The summed E-state index contributed by atoms with van der Waals surface area (Å²) in [5.41, 5.74) is 5.39. The van der Waals surface area contributed by atoms with Gasteiger partial charge in [-0.05, 0) is 50.9 Å². The molecular formula is C22H26N4. The summed E-state index contributed by atoms with van der Waals surface area (Å²) >= 11 is 0. The van der Waals surface area contributed by atoms with Crippen molar-refractivity contribution < 1.29 is 0 Å². The average Bonchev–Trinajstić information content (AvgIpc) is 3.23. The maximum atomic E-state index is 5.04. The molecule has 0 atom stereocenters. The van der Waals surface area contributed by atoms with Crippen LogP contribution in [-0.4, -0.2) is 42.1 Å². The minimum atomic E-state index is 0.775. The van der Waals surface area contributed by atoms with Crippen molar-refractivity contribution >= 4 is 17.2 Å². The van der Waals surface area contributed by atoms with E-state index in [1.54, 1.807) is 0 Å². The lowest BCUT2D eigenvalue weighted by Crippen LogP contribution is -2.44. The van der Waals surface area contributed by atoms with Gasteiger partial charge in [-0.15, -0.1) is 0 Å². The average molecular weight is 346 g/mol. The van der Waals surface area contributed by atoms with Crippen molar-refractivity contribution in [2.45, 2.75) is 31.7 Å². The first-order valence-electron chi connectivity index (χ1n) is 9.85. The highest BCUT2D eigenvalue weighted by Crippen LogP contribution is 2.39. The molecule has 0 radical (unpaired) electrons. The summed E-state index contributed by atoms with van der Waals surface area (Å²) in [6.07, 6.45) is 5.27. The topological polar surface area (TPSA) is 31.4 Å². The number of hydrogen-bond acceptors (Lipinski definition) is 4. The number of benzene rings is 1. The van der Waals surface area contributed by atoms with E-state index in [1.165, 1.54) is 44.3 Å². The Labute approximate surface area is 155 Å². The molecule has 2 fully saturated rings. The van der Waals surface area contributed by atoms with Crippen LogP contribution in [0.25, 0.3) is 17.0 Å². The van der Waals surface area contributed by atoms with E-state index in [0.717, 1.165) is 47.6 Å². The van der Waals surface area contributed by atoms with E-state index in [0.29, 0.717) is 0 Å². The Bertz CT molecular complexity index is 830. The van der Waals surface area contributed by atoms with Crippen molar-refractivity contribution in [2.75, 3.05) is 36.4 Å². The van der Waals surface area contributed by atoms with Crippen LogP contribution >= 0.6 is 0 Å². The summed E-state index contributed by atoms with van der Waals surface area (Å²) in [5.74, 6) is 1.10. The molecule has 5 rings (SSSR count). The Morgan fingerprint density at radius 1 is 0.923 bits per heavy atom. The molecule has 0 saturated carbocycles. The zero-order valence-corrected chi connectivity index (χ0v) is 15.2. The van der Waals surface area contributed by atoms with Gasteiger partial charge in [-0.3, -0.25) is 0 Å². The number of anilines is 2. The summed E-state index contributed by atoms with van der Waals surface area (Å²) in [4.78, 5) is 10.2. The maximum absolute atomic E-state index is 5.04. The lowest BCUT2D eigenvalue weighted by atomic mass is 9.97. The van der Waals surface area contributed by atoms with Crippen molar-refractivity contribution in [1.29, 1.82) is 0 Å². The molecule has 1 N–H and O–H groups in total. The number of pyridine rings is 1. The van der Waals surface area contributed by atoms with Crippen molar-refractivity contribution in [2.24, 2.45) is 0 Å². The van der Waals surface area contributed by atoms with Gasteiger partial charge in [-0.1, -0.05) is 30.8 Å². The highest BCUT2D eigenvalue weighted by Gasteiger charge is 2.27. The van der Waals surface area contributed by atoms with Gasteiger partial charge < -0.3 is 15.1 Å². The molecule has 0 aliphatic carbocycles. The third kappa shape index (κ3) is 2.69. The molecule has 3 aliphatic heterocycles. The highest BCUT2D eigenvalue weighted by atomic mass is 15.2. The predicted octanol–water partition coefficient (Wildman–Crippen LogP) is 4.21. The number of aromatic nitrogens is 1. The Balaban J connectivity index is 1.38. The number of nitrogens with one attached hydrogen (secondary N) is 1. The second-order valence-electron chi connectivity index (χ2n) is 7.68. The first-order valence-corrected chi connectivity index (χ1v) is 9.85. The highest BCUT2D eigenvalue weighted by molar-refractivity contribution is 5.95. The predicted molar refractivity (Wildman–Crippen MR) is 108 cm³/mol. The Kier molecular flexibility index (Phi) is 3.93. The lowest BCUT2D eigenvalue weighted by Gasteiger charge is -2.37. The van der Waals surface area contributed by atoms with Gasteiger partial charge in [0.05, 0.1) is 11.4 Å². The van der Waals surface area contributed by atoms with Crippen LogP contribution in [0.15, 0.2) is 43.0 Å². The number of hydrogen-bond donors (Lipinski definition) is 1. The summed E-state index contributed by atoms with van der Waals surface area (Å²) in [6, 6.07) is 13.5. The van der Waals surface area contributed by atoms with Gasteiger partial charge in [-0.25, -0.2) is 4.98 Å². The standard InChI is InChI=1S/C22H26N4/c1-16-18-6-2-3-7-19(18)22-20(23-16)8-9-21(24-22)26-14-10-17(11-15-26)25-12-4-5-13-25/h2-3,6-9,17,23H,1,4-5,10-15H2. The van der Waals surface area contributed by atoms with Crippen molar-refractivity contribution in [3.63, 3.8) is 0 Å². The van der Waals surface area contributed by atoms with Crippen LogP contribution in [-0.2, 0) is 0 Å². The Hall–Kier alpha value is -2.33. The van der Waals surface area contributed by atoms with Gasteiger partial charge in [0.25, 0.3) is 0 Å². The fourth-order valence-electron chi connectivity index (χ4n) is 4.68. The molecule has 3 aliphatic rings. The zero-order valence-electron chi connectivity index (χ0n) is 15.2. The molecule has 4 heteroatoms. The second-order valence-corrected chi connectivity index (χ2v) is 7.68. The van der Waals surface area contributed by atoms with Crippen molar-refractivity contribution in [3.8, 4) is 11.3 Å². The van der Waals surface area contributed by atoms with E-state index in [2.05, 4.69) is 58.1 Å². The molecule has 1 aromatic heterocycles. The van der Waals surface area contributed by atoms with Gasteiger partial charge in [0.2, 0.25) is 0 Å². The van der Waals surface area contributed by atoms with E-state index in [-0.39, 0.29) is 0 Å². The quantitative estimate of drug-likeness (QED) is 0.883. The van der Waals surface area contributed by atoms with Gasteiger partial charge in [0.15, 0.2) is 0 Å². The zero-order chi connectivity index (χ0) is 17.5. The van der Waals surface area contributed by atoms with E-state index in [9.17, 15) is 0 Å². The maximum Gasteiger partial charge on any atom is 0.129 e. The first-order chi connectivity index (χ1) is 12.8. The lowest BCUT2D eigenvalue weighted by molar-refractivity contribution is 0.207. The number of rotatable bonds is 2. The summed E-state index contributed by atoms with van der Waals surface area (Å²) in [7, 11) is 0. The van der Waals surface area contributed by atoms with Crippen LogP contribution in [0.4, 0.5) is 11.5 Å². The van der Waals surface area contributed by atoms with E-state index >= 15 is 0 Å². The van der Waals surface area contributed by atoms with Crippen LogP contribution in [0.5, 0.6) is 0 Å². The van der Waals surface area contributed by atoms with Crippen LogP contribution in [0, 0.1) is 0 Å². The molecule has 2 saturated heterocycles. The molecular weight excluding hydrogens is 320 g/mol. The van der Waals surface area contributed by atoms with E-state index < -0.39 is 0 Å². The smallest absolute Gasteiger partial charge is 0.129 e. The van der Waals surface area contributed by atoms with Gasteiger partial charge in [-0.2, -0.15) is 0 Å². The van der Waals surface area contributed by atoms with Crippen LogP contribution in [0.2, 0.25) is 0 Å². The number of piperidine rings is 1. The van der Waals surface area contributed by atoms with Gasteiger partial charge in [0, 0.05) is 36.0 Å². The molecule has 0 bridgehead atoms. The second kappa shape index (κ2) is 6.44. The SMILES string of the molecule is C=C1Nc2ccc(N3CCC(N4CCCC4)CC3)nc2-c2ccccc21. The fraction of sp³-hybridized carbons (Fsp3) is 0.409. The molecule has 0 unspecified atom stereocenters. The fourth-order valence-corrected chi connectivity index (χ4v) is 4.68. The molecule has 0 spiro atoms. The van der Waals surface area contributed by atoms with E-state index in [4.69, 9.17) is 4.98 Å². The normalized spacial score (nSPS) is 20.6. The summed E-state index contributed by atoms with van der Waals surface area (Å²) in [5, 5.41) is 3.41. The monoisotopic (exact) mass is 346 g/mol. The first kappa shape index (κ1) is 15.9. The Morgan fingerprint density at radius 2 is 1.65 bits per heavy atom. The Morgan fingerprint density at radius 3 is 2.42 bits per heavy atom. The minimum absolute atomic E-state index is 0.775. The third-order valence-electron chi connectivity index (χ3n) is 6.12. The van der Waals surface area contributed by atoms with Crippen LogP contribution < -0.4 is 10.2 Å². The molecule has 1 aromatic carbocycles. The van der Waals surface area contributed by atoms with Gasteiger partial charge in [0.1, 0.15) is 5.82 Å². The number of likely N-dealkylation sites (tertiary alicyclic amines) is 1. The van der Waals surface area contributed by atoms with Crippen molar-refractivity contribution in [3.05, 3.63) is 48.5 Å². The molecule has 2 aromatic rings. The van der Waals surface area contributed by atoms with Crippen LogP contribution in [0.3, 0.4) is 0 Å². The number of nitrogens with zero attached hydrogens (tertiary/aromatic N) is 3. The largest absolute Gasteiger partial charge is 0.356 e. The molecule has 4 nitrogen and oxygen atoms in total. The summed E-state index contributed by atoms with van der Waals surface area (Å²) < 4.78 is 0.